The molecule has 2 nitrogen and oxygen atoms in total. The zero-order valence-electron chi connectivity index (χ0n) is 7.02. The molecule has 0 saturated carbocycles. The Bertz CT molecular complexity index is 228. The van der Waals surface area contributed by atoms with Crippen molar-refractivity contribution in [1.29, 1.82) is 0 Å². The Kier molecular flexibility index (Phi) is 2.63. The van der Waals surface area contributed by atoms with Crippen LogP contribution in [-0.2, 0) is 4.79 Å². The van der Waals surface area contributed by atoms with Gasteiger partial charge in [0.1, 0.15) is 5.57 Å². The fourth-order valence-corrected chi connectivity index (χ4v) is 1.23. The number of nitrogens with zero attached hydrogens (tertiary/aromatic N) is 1. The van der Waals surface area contributed by atoms with Gasteiger partial charge in [-0.2, -0.15) is 13.2 Å². The Balaban J connectivity index is 2.62. The minimum absolute atomic E-state index is 0.411. The highest BCUT2D eigenvalue weighted by molar-refractivity contribution is 5.94. The first-order valence-corrected chi connectivity index (χ1v) is 3.98. The molecule has 0 unspecified atom stereocenters. The molecule has 13 heavy (non-hydrogen) atoms. The molecular formula is C8H10F3NO. The average molecular weight is 193 g/mol. The van der Waals surface area contributed by atoms with E-state index in [-0.39, 0.29) is 0 Å². The Morgan fingerprint density at radius 2 is 1.69 bits per heavy atom. The van der Waals surface area contributed by atoms with Crippen LogP contribution in [0.1, 0.15) is 12.8 Å². The fourth-order valence-electron chi connectivity index (χ4n) is 1.23. The summed E-state index contributed by atoms with van der Waals surface area (Å²) < 4.78 is 36.0. The van der Waals surface area contributed by atoms with Crippen LogP contribution in [0.2, 0.25) is 0 Å². The molecule has 1 aliphatic rings. The summed E-state index contributed by atoms with van der Waals surface area (Å²) in [6.45, 7) is 3.58. The number of likely N-dealkylation sites (tertiary alicyclic amines) is 1. The molecule has 0 bridgehead atoms. The van der Waals surface area contributed by atoms with Crippen LogP contribution >= 0.6 is 0 Å². The van der Waals surface area contributed by atoms with Crippen molar-refractivity contribution in [3.8, 4) is 0 Å². The monoisotopic (exact) mass is 193 g/mol. The highest BCUT2D eigenvalue weighted by atomic mass is 19.4. The lowest BCUT2D eigenvalue weighted by Gasteiger charge is -2.17. The maximum Gasteiger partial charge on any atom is 0.421 e. The Labute approximate surface area is 74.0 Å². The van der Waals surface area contributed by atoms with Gasteiger partial charge in [0, 0.05) is 13.1 Å². The Morgan fingerprint density at radius 1 is 1.23 bits per heavy atom. The van der Waals surface area contributed by atoms with Crippen LogP contribution in [0.25, 0.3) is 0 Å². The van der Waals surface area contributed by atoms with Crippen molar-refractivity contribution in [1.82, 2.24) is 4.90 Å². The molecule has 0 aromatic rings. The van der Waals surface area contributed by atoms with E-state index < -0.39 is 17.7 Å². The molecule has 1 amide bonds. The molecule has 0 aromatic heterocycles. The summed E-state index contributed by atoms with van der Waals surface area (Å²) in [5.74, 6) is -0.981. The largest absolute Gasteiger partial charge is 0.421 e. The molecule has 0 spiro atoms. The molecular weight excluding hydrogens is 183 g/mol. The van der Waals surface area contributed by atoms with Crippen molar-refractivity contribution in [3.05, 3.63) is 12.2 Å². The van der Waals surface area contributed by atoms with E-state index in [0.29, 0.717) is 13.1 Å². The fraction of sp³-hybridized carbons (Fsp3) is 0.625. The van der Waals surface area contributed by atoms with Gasteiger partial charge in [0.25, 0.3) is 5.91 Å². The number of hydrogen-bond acceptors (Lipinski definition) is 1. The van der Waals surface area contributed by atoms with Crippen molar-refractivity contribution < 1.29 is 18.0 Å². The molecule has 1 aliphatic heterocycles. The highest BCUT2D eigenvalue weighted by Gasteiger charge is 2.39. The van der Waals surface area contributed by atoms with E-state index in [1.54, 1.807) is 0 Å². The van der Waals surface area contributed by atoms with Gasteiger partial charge in [-0.15, -0.1) is 0 Å². The number of carbonyl (C=O) groups is 1. The molecule has 1 fully saturated rings. The van der Waals surface area contributed by atoms with E-state index in [4.69, 9.17) is 0 Å². The van der Waals surface area contributed by atoms with Gasteiger partial charge >= 0.3 is 6.18 Å². The SMILES string of the molecule is C=C(C(=O)N1CCCC1)C(F)(F)F. The van der Waals surface area contributed by atoms with Gasteiger partial charge in [-0.25, -0.2) is 0 Å². The summed E-state index contributed by atoms with van der Waals surface area (Å²) in [5.41, 5.74) is -1.27. The molecule has 0 atom stereocenters. The predicted octanol–water partition coefficient (Wildman–Crippen LogP) is 1.73. The highest BCUT2D eigenvalue weighted by Crippen LogP contribution is 2.26. The van der Waals surface area contributed by atoms with E-state index in [2.05, 4.69) is 6.58 Å². The van der Waals surface area contributed by atoms with E-state index in [1.807, 2.05) is 0 Å². The lowest BCUT2D eigenvalue weighted by molar-refractivity contribution is -0.138. The van der Waals surface area contributed by atoms with Crippen LogP contribution < -0.4 is 0 Å². The van der Waals surface area contributed by atoms with Gasteiger partial charge in [-0.1, -0.05) is 6.58 Å². The number of hydrogen-bond donors (Lipinski definition) is 0. The molecule has 0 N–H and O–H groups in total. The third-order valence-corrected chi connectivity index (χ3v) is 1.99. The minimum atomic E-state index is -4.60. The van der Waals surface area contributed by atoms with Crippen LogP contribution in [0, 0.1) is 0 Å². The van der Waals surface area contributed by atoms with Crippen LogP contribution in [-0.4, -0.2) is 30.1 Å². The Hall–Kier alpha value is -1.00. The lowest BCUT2D eigenvalue weighted by atomic mass is 10.2. The molecule has 1 heterocycles. The average Bonchev–Trinajstić information content (AvgIpc) is 2.51. The summed E-state index contributed by atoms with van der Waals surface area (Å²) in [7, 11) is 0. The second kappa shape index (κ2) is 3.40. The summed E-state index contributed by atoms with van der Waals surface area (Å²) in [4.78, 5) is 12.3. The molecule has 1 rings (SSSR count). The zero-order chi connectivity index (χ0) is 10.1. The molecule has 5 heteroatoms. The van der Waals surface area contributed by atoms with E-state index in [0.717, 1.165) is 12.8 Å². The zero-order valence-corrected chi connectivity index (χ0v) is 7.02. The third kappa shape index (κ3) is 2.23. The lowest BCUT2D eigenvalue weighted by Crippen LogP contribution is -2.33. The molecule has 0 radical (unpaired) electrons. The van der Waals surface area contributed by atoms with Gasteiger partial charge in [0.15, 0.2) is 0 Å². The third-order valence-electron chi connectivity index (χ3n) is 1.99. The molecule has 1 saturated heterocycles. The van der Waals surface area contributed by atoms with Crippen LogP contribution in [0.5, 0.6) is 0 Å². The van der Waals surface area contributed by atoms with Crippen molar-refractivity contribution in [3.63, 3.8) is 0 Å². The maximum absolute atomic E-state index is 12.0. The number of alkyl halides is 3. The van der Waals surface area contributed by atoms with Crippen LogP contribution in [0.3, 0.4) is 0 Å². The number of amides is 1. The minimum Gasteiger partial charge on any atom is -0.339 e. The molecule has 74 valence electrons. The summed E-state index contributed by atoms with van der Waals surface area (Å²) in [6, 6.07) is 0. The van der Waals surface area contributed by atoms with Crippen LogP contribution in [0.4, 0.5) is 13.2 Å². The predicted molar refractivity (Wildman–Crippen MR) is 41.0 cm³/mol. The number of halogens is 3. The Morgan fingerprint density at radius 3 is 2.08 bits per heavy atom. The topological polar surface area (TPSA) is 20.3 Å². The second-order valence-corrected chi connectivity index (χ2v) is 2.98. The van der Waals surface area contributed by atoms with E-state index in [1.165, 1.54) is 4.90 Å². The molecule has 0 aromatic carbocycles. The normalized spacial score (nSPS) is 17.6. The van der Waals surface area contributed by atoms with E-state index >= 15 is 0 Å². The van der Waals surface area contributed by atoms with Crippen molar-refractivity contribution in [2.45, 2.75) is 19.0 Å². The quantitative estimate of drug-likeness (QED) is 0.581. The second-order valence-electron chi connectivity index (χ2n) is 2.98. The van der Waals surface area contributed by atoms with Gasteiger partial charge in [-0.3, -0.25) is 4.79 Å². The van der Waals surface area contributed by atoms with Crippen molar-refractivity contribution in [2.24, 2.45) is 0 Å². The first-order valence-electron chi connectivity index (χ1n) is 3.98. The first-order chi connectivity index (χ1) is 5.93. The van der Waals surface area contributed by atoms with Gasteiger partial charge in [-0.05, 0) is 12.8 Å². The maximum atomic E-state index is 12.0. The number of rotatable bonds is 1. The standard InChI is InChI=1S/C8H10F3NO/c1-6(8(9,10)11)7(13)12-4-2-3-5-12/h1-5H2. The smallest absolute Gasteiger partial charge is 0.339 e. The van der Waals surface area contributed by atoms with Gasteiger partial charge in [0.05, 0.1) is 0 Å². The number of carbonyl (C=O) groups excluding carboxylic acids is 1. The van der Waals surface area contributed by atoms with Gasteiger partial charge < -0.3 is 4.90 Å². The van der Waals surface area contributed by atoms with Gasteiger partial charge in [0.2, 0.25) is 0 Å². The van der Waals surface area contributed by atoms with Crippen molar-refractivity contribution in [2.75, 3.05) is 13.1 Å². The first kappa shape index (κ1) is 10.1. The molecule has 0 aliphatic carbocycles. The van der Waals surface area contributed by atoms with Crippen molar-refractivity contribution >= 4 is 5.91 Å². The summed E-state index contributed by atoms with van der Waals surface area (Å²) >= 11 is 0. The summed E-state index contributed by atoms with van der Waals surface area (Å²) in [5, 5.41) is 0. The summed E-state index contributed by atoms with van der Waals surface area (Å²) in [6.07, 6.45) is -3.05. The van der Waals surface area contributed by atoms with Crippen LogP contribution in [0.15, 0.2) is 12.2 Å². The van der Waals surface area contributed by atoms with E-state index in [9.17, 15) is 18.0 Å².